The van der Waals surface area contributed by atoms with Gasteiger partial charge >= 0.3 is 0 Å². The molecular formula is C22H29N5O. The number of hydrogen-bond acceptors (Lipinski definition) is 6. The van der Waals surface area contributed by atoms with Crippen molar-refractivity contribution in [1.29, 1.82) is 5.41 Å². The van der Waals surface area contributed by atoms with Crippen molar-refractivity contribution in [3.63, 3.8) is 0 Å². The maximum atomic E-state index is 7.38. The molecule has 1 aromatic heterocycles. The van der Waals surface area contributed by atoms with Crippen LogP contribution >= 0.6 is 0 Å². The summed E-state index contributed by atoms with van der Waals surface area (Å²) in [6.07, 6.45) is 4.62. The monoisotopic (exact) mass is 379 g/mol. The Labute approximate surface area is 166 Å². The zero-order valence-corrected chi connectivity index (χ0v) is 17.0. The molecule has 1 fully saturated rings. The van der Waals surface area contributed by atoms with E-state index in [9.17, 15) is 0 Å². The second-order valence-electron chi connectivity index (χ2n) is 8.64. The summed E-state index contributed by atoms with van der Waals surface area (Å²) in [7, 11) is 0. The Morgan fingerprint density at radius 1 is 1.07 bits per heavy atom. The first kappa shape index (κ1) is 20.0. The van der Waals surface area contributed by atoms with Crippen LogP contribution in [0.2, 0.25) is 0 Å². The Kier molecular flexibility index (Phi) is 5.52. The summed E-state index contributed by atoms with van der Waals surface area (Å²) in [6, 6.07) is 11.5. The van der Waals surface area contributed by atoms with Crippen LogP contribution in [-0.4, -0.2) is 33.6 Å². The lowest BCUT2D eigenvalue weighted by molar-refractivity contribution is 0.0524. The second kappa shape index (κ2) is 7.72. The number of nitrogens with zero attached hydrogens (tertiary/aromatic N) is 2. The predicted octanol–water partition coefficient (Wildman–Crippen LogP) is 3.78. The van der Waals surface area contributed by atoms with Gasteiger partial charge in [0.2, 0.25) is 5.88 Å². The second-order valence-corrected chi connectivity index (χ2v) is 8.64. The Morgan fingerprint density at radius 3 is 2.21 bits per heavy atom. The van der Waals surface area contributed by atoms with Crippen LogP contribution in [0.5, 0.6) is 5.88 Å². The van der Waals surface area contributed by atoms with Gasteiger partial charge < -0.3 is 21.2 Å². The van der Waals surface area contributed by atoms with Crippen molar-refractivity contribution in [2.75, 3.05) is 0 Å². The van der Waals surface area contributed by atoms with Gasteiger partial charge in [-0.05, 0) is 39.3 Å². The van der Waals surface area contributed by atoms with E-state index in [4.69, 9.17) is 15.9 Å². The van der Waals surface area contributed by atoms with Gasteiger partial charge in [0, 0.05) is 53.5 Å². The predicted molar refractivity (Wildman–Crippen MR) is 113 cm³/mol. The average molecular weight is 380 g/mol. The summed E-state index contributed by atoms with van der Waals surface area (Å²) < 4.78 is 6.14. The van der Waals surface area contributed by atoms with Crippen molar-refractivity contribution in [2.24, 2.45) is 5.73 Å². The minimum absolute atomic E-state index is 0.0227. The van der Waals surface area contributed by atoms with Gasteiger partial charge in [-0.15, -0.1) is 10.2 Å². The molecule has 3 rings (SSSR count). The smallest absolute Gasteiger partial charge is 0.233 e. The van der Waals surface area contributed by atoms with Gasteiger partial charge in [-0.3, -0.25) is 0 Å². The van der Waals surface area contributed by atoms with Crippen LogP contribution in [0.15, 0.2) is 42.6 Å². The molecule has 0 atom stereocenters. The van der Waals surface area contributed by atoms with Gasteiger partial charge in [-0.2, -0.15) is 0 Å². The molecule has 0 amide bonds. The normalized spacial score (nSPS) is 19.2. The third-order valence-corrected chi connectivity index (χ3v) is 4.93. The average Bonchev–Trinajstić information content (AvgIpc) is 2.61. The number of nitrogens with two attached hydrogens (primary N) is 1. The molecule has 1 aliphatic heterocycles. The van der Waals surface area contributed by atoms with E-state index in [1.54, 1.807) is 0 Å². The van der Waals surface area contributed by atoms with E-state index in [0.717, 1.165) is 29.7 Å². The number of benzene rings is 1. The number of hydrogen-bond donors (Lipinski definition) is 3. The molecule has 1 saturated heterocycles. The fraction of sp³-hybridized carbons (Fsp3) is 0.409. The van der Waals surface area contributed by atoms with Crippen molar-refractivity contribution >= 4 is 11.8 Å². The Bertz CT molecular complexity index is 838. The van der Waals surface area contributed by atoms with Crippen LogP contribution < -0.4 is 15.8 Å². The van der Waals surface area contributed by atoms with Crippen LogP contribution in [0.25, 0.3) is 16.8 Å². The molecule has 0 bridgehead atoms. The highest BCUT2D eigenvalue weighted by Gasteiger charge is 2.38. The summed E-state index contributed by atoms with van der Waals surface area (Å²) in [5, 5.41) is 19.6. The SMILES string of the molecule is CC1(C)CC(Oc2ccc(-c3ccc(/C(C=N)=C/N)cc3)nn2)CC(C)(C)N1. The number of allylic oxidation sites excluding steroid dienone is 1. The van der Waals surface area contributed by atoms with Crippen molar-refractivity contribution < 1.29 is 4.74 Å². The van der Waals surface area contributed by atoms with Gasteiger partial charge in [0.05, 0.1) is 5.69 Å². The first-order valence-electron chi connectivity index (χ1n) is 9.54. The summed E-state index contributed by atoms with van der Waals surface area (Å²) in [5.74, 6) is 0.552. The Hall–Kier alpha value is -2.73. The van der Waals surface area contributed by atoms with Crippen LogP contribution in [0, 0.1) is 5.41 Å². The molecule has 148 valence electrons. The molecular weight excluding hydrogens is 350 g/mol. The maximum Gasteiger partial charge on any atom is 0.233 e. The standard InChI is InChI=1S/C22H29N5O/c1-21(2)11-18(12-22(3,4)27-21)28-20-10-9-19(25-26-20)16-7-5-15(6-8-16)17(13-23)14-24/h5-10,13-14,18,23,27H,11-12,24H2,1-4H3/b17-14+,23-13?. The molecule has 2 heterocycles. The maximum absolute atomic E-state index is 7.38. The van der Waals surface area contributed by atoms with E-state index in [-0.39, 0.29) is 17.2 Å². The molecule has 28 heavy (non-hydrogen) atoms. The summed E-state index contributed by atoms with van der Waals surface area (Å²) in [4.78, 5) is 0. The highest BCUT2D eigenvalue weighted by molar-refractivity contribution is 6.08. The molecule has 4 N–H and O–H groups in total. The topological polar surface area (TPSA) is 96.9 Å². The van der Waals surface area contributed by atoms with Crippen molar-refractivity contribution in [3.8, 4) is 17.1 Å². The molecule has 1 aromatic carbocycles. The largest absolute Gasteiger partial charge is 0.473 e. The lowest BCUT2D eigenvalue weighted by Crippen LogP contribution is -2.60. The van der Waals surface area contributed by atoms with Crippen molar-refractivity contribution in [2.45, 2.75) is 57.7 Å². The van der Waals surface area contributed by atoms with E-state index in [2.05, 4.69) is 43.2 Å². The number of ether oxygens (including phenoxy) is 1. The molecule has 6 heteroatoms. The lowest BCUT2D eigenvalue weighted by atomic mass is 9.81. The highest BCUT2D eigenvalue weighted by atomic mass is 16.5. The van der Waals surface area contributed by atoms with Crippen LogP contribution in [0.1, 0.15) is 46.1 Å². The molecule has 6 nitrogen and oxygen atoms in total. The summed E-state index contributed by atoms with van der Waals surface area (Å²) in [5.41, 5.74) is 8.88. The van der Waals surface area contributed by atoms with Gasteiger partial charge in [-0.25, -0.2) is 0 Å². The third kappa shape index (κ3) is 4.75. The van der Waals surface area contributed by atoms with E-state index in [0.29, 0.717) is 11.5 Å². The zero-order chi connectivity index (χ0) is 20.4. The molecule has 0 spiro atoms. The fourth-order valence-electron chi connectivity index (χ4n) is 4.08. The van der Waals surface area contributed by atoms with Crippen LogP contribution in [0.3, 0.4) is 0 Å². The number of aromatic nitrogens is 2. The minimum Gasteiger partial charge on any atom is -0.473 e. The molecule has 0 radical (unpaired) electrons. The van der Waals surface area contributed by atoms with Crippen molar-refractivity contribution in [3.05, 3.63) is 48.2 Å². The van der Waals surface area contributed by atoms with Gasteiger partial charge in [0.25, 0.3) is 0 Å². The Balaban J connectivity index is 1.71. The van der Waals surface area contributed by atoms with Gasteiger partial charge in [-0.1, -0.05) is 24.3 Å². The quantitative estimate of drug-likeness (QED) is 0.687. The van der Waals surface area contributed by atoms with Crippen LogP contribution in [-0.2, 0) is 0 Å². The lowest BCUT2D eigenvalue weighted by Gasteiger charge is -2.46. The Morgan fingerprint density at radius 2 is 1.71 bits per heavy atom. The van der Waals surface area contributed by atoms with Crippen LogP contribution in [0.4, 0.5) is 0 Å². The van der Waals surface area contributed by atoms with E-state index < -0.39 is 0 Å². The first-order valence-corrected chi connectivity index (χ1v) is 9.54. The number of rotatable bonds is 5. The number of nitrogens with one attached hydrogen (secondary N) is 2. The minimum atomic E-state index is 0.0227. The number of piperidine rings is 1. The van der Waals surface area contributed by atoms with E-state index in [1.807, 2.05) is 36.4 Å². The summed E-state index contributed by atoms with van der Waals surface area (Å²) >= 11 is 0. The van der Waals surface area contributed by atoms with E-state index >= 15 is 0 Å². The molecule has 2 aromatic rings. The van der Waals surface area contributed by atoms with E-state index in [1.165, 1.54) is 12.4 Å². The van der Waals surface area contributed by atoms with Gasteiger partial charge in [0.15, 0.2) is 0 Å². The fourth-order valence-corrected chi connectivity index (χ4v) is 4.08. The molecule has 0 aliphatic carbocycles. The molecule has 1 aliphatic rings. The highest BCUT2D eigenvalue weighted by Crippen LogP contribution is 2.31. The molecule has 0 saturated carbocycles. The first-order chi connectivity index (χ1) is 13.2. The molecule has 0 unspecified atom stereocenters. The third-order valence-electron chi connectivity index (χ3n) is 4.93. The van der Waals surface area contributed by atoms with Gasteiger partial charge in [0.1, 0.15) is 6.10 Å². The van der Waals surface area contributed by atoms with Crippen molar-refractivity contribution in [1.82, 2.24) is 15.5 Å². The zero-order valence-electron chi connectivity index (χ0n) is 17.0. The summed E-state index contributed by atoms with van der Waals surface area (Å²) in [6.45, 7) is 8.80.